The molecule has 7 heteroatoms. The van der Waals surface area contributed by atoms with Crippen molar-refractivity contribution in [2.24, 2.45) is 4.99 Å². The first-order valence-electron chi connectivity index (χ1n) is 11.5. The lowest BCUT2D eigenvalue weighted by atomic mass is 9.88. The lowest BCUT2D eigenvalue weighted by Gasteiger charge is -2.37. The Kier molecular flexibility index (Phi) is 7.22. The largest absolute Gasteiger partial charge is 0.463 e. The van der Waals surface area contributed by atoms with Crippen LogP contribution in [0.15, 0.2) is 70.2 Å². The van der Waals surface area contributed by atoms with Crippen molar-refractivity contribution in [1.29, 1.82) is 0 Å². The topological polar surface area (TPSA) is 71.0 Å². The van der Waals surface area contributed by atoms with Crippen LogP contribution in [0.4, 0.5) is 0 Å². The number of amidine groups is 1. The van der Waals surface area contributed by atoms with Gasteiger partial charge in [0.1, 0.15) is 0 Å². The summed E-state index contributed by atoms with van der Waals surface area (Å²) in [7, 11) is 0. The van der Waals surface area contributed by atoms with Crippen LogP contribution in [0, 0.1) is 13.8 Å². The first-order valence-corrected chi connectivity index (χ1v) is 12.4. The van der Waals surface area contributed by atoms with Crippen LogP contribution in [-0.2, 0) is 14.3 Å². The predicted octanol–water partition coefficient (Wildman–Crippen LogP) is 5.10. The first-order chi connectivity index (χ1) is 16.4. The molecule has 0 fully saturated rings. The molecule has 0 spiro atoms. The highest BCUT2D eigenvalue weighted by Gasteiger charge is 2.42. The number of rotatable bonds is 7. The van der Waals surface area contributed by atoms with E-state index in [9.17, 15) is 9.59 Å². The summed E-state index contributed by atoms with van der Waals surface area (Å²) in [6.45, 7) is 8.61. The van der Waals surface area contributed by atoms with Crippen molar-refractivity contribution in [3.8, 4) is 0 Å². The summed E-state index contributed by atoms with van der Waals surface area (Å²) < 4.78 is 5.56. The number of hydrogen-bond acceptors (Lipinski definition) is 6. The maximum atomic E-state index is 13.5. The number of nitrogens with zero attached hydrogens (tertiary/aromatic N) is 2. The molecule has 2 aromatic rings. The number of fused-ring (bicyclic) bond motifs is 1. The van der Waals surface area contributed by atoms with Crippen LogP contribution in [0.5, 0.6) is 0 Å². The molecule has 0 bridgehead atoms. The Bertz CT molecular complexity index is 1200. The van der Waals surface area contributed by atoms with E-state index in [1.807, 2.05) is 61.4 Å². The molecule has 0 unspecified atom stereocenters. The number of aryl methyl sites for hydroxylation is 2. The number of thioether (sulfide) groups is 1. The van der Waals surface area contributed by atoms with Gasteiger partial charge in [0.2, 0.25) is 5.91 Å². The Labute approximate surface area is 204 Å². The van der Waals surface area contributed by atoms with E-state index in [-0.39, 0.29) is 18.9 Å². The minimum atomic E-state index is -0.461. The van der Waals surface area contributed by atoms with Crippen molar-refractivity contribution in [2.75, 3.05) is 13.2 Å². The number of benzene rings is 2. The number of carbonyl (C=O) groups is 2. The molecule has 4 rings (SSSR count). The number of hydrogen-bond donors (Lipinski definition) is 1. The highest BCUT2D eigenvalue weighted by Crippen LogP contribution is 2.47. The second-order valence-electron chi connectivity index (χ2n) is 8.23. The number of aliphatic imine (C=N–C) groups is 1. The van der Waals surface area contributed by atoms with E-state index >= 15 is 0 Å². The highest BCUT2D eigenvalue weighted by molar-refractivity contribution is 8.16. The maximum absolute atomic E-state index is 13.5. The van der Waals surface area contributed by atoms with Crippen molar-refractivity contribution in [3.63, 3.8) is 0 Å². The number of nitrogens with one attached hydrogen (secondary N) is 1. The first kappa shape index (κ1) is 23.8. The molecule has 2 aromatic carbocycles. The summed E-state index contributed by atoms with van der Waals surface area (Å²) in [5, 5.41) is 5.58. The van der Waals surface area contributed by atoms with Crippen LogP contribution in [0.25, 0.3) is 5.70 Å². The Morgan fingerprint density at radius 1 is 1.12 bits per heavy atom. The van der Waals surface area contributed by atoms with Gasteiger partial charge in [-0.1, -0.05) is 65.9 Å². The van der Waals surface area contributed by atoms with Gasteiger partial charge in [0.25, 0.3) is 0 Å². The van der Waals surface area contributed by atoms with Crippen LogP contribution < -0.4 is 5.32 Å². The molecular formula is C27H29N3O3S. The molecule has 0 aliphatic carbocycles. The van der Waals surface area contributed by atoms with Crippen LogP contribution in [-0.4, -0.2) is 35.1 Å². The van der Waals surface area contributed by atoms with E-state index in [1.165, 1.54) is 11.8 Å². The summed E-state index contributed by atoms with van der Waals surface area (Å²) in [5.41, 5.74) is 5.90. The van der Waals surface area contributed by atoms with Gasteiger partial charge >= 0.3 is 5.97 Å². The lowest BCUT2D eigenvalue weighted by Crippen LogP contribution is -2.38. The van der Waals surface area contributed by atoms with Crippen molar-refractivity contribution >= 4 is 34.5 Å². The second-order valence-corrected chi connectivity index (χ2v) is 9.07. The van der Waals surface area contributed by atoms with Gasteiger partial charge in [0, 0.05) is 17.8 Å². The fourth-order valence-corrected chi connectivity index (χ4v) is 5.18. The maximum Gasteiger partial charge on any atom is 0.338 e. The van der Waals surface area contributed by atoms with Gasteiger partial charge in [-0.15, -0.1) is 0 Å². The number of carbonyl (C=O) groups excluding carboxylic acids is 2. The normalized spacial score (nSPS) is 17.2. The Hall–Kier alpha value is -3.32. The monoisotopic (exact) mass is 475 g/mol. The molecule has 1 N–H and O–H groups in total. The summed E-state index contributed by atoms with van der Waals surface area (Å²) in [6.07, 6.45) is 0.206. The molecular weight excluding hydrogens is 446 g/mol. The average Bonchev–Trinajstić information content (AvgIpc) is 3.22. The molecule has 2 aliphatic rings. The van der Waals surface area contributed by atoms with E-state index in [0.29, 0.717) is 17.8 Å². The average molecular weight is 476 g/mol. The number of amides is 1. The molecule has 34 heavy (non-hydrogen) atoms. The summed E-state index contributed by atoms with van der Waals surface area (Å²) in [6, 6.07) is 15.5. The van der Waals surface area contributed by atoms with E-state index in [4.69, 9.17) is 9.73 Å². The van der Waals surface area contributed by atoms with Crippen molar-refractivity contribution < 1.29 is 14.3 Å². The SMILES string of the molecule is CCNC(=O)CC1=CSC2=NC(c3ccccc3)=C(C(=O)OCC)[C@@H](c3cc(C)ccc3C)N12. The third-order valence-electron chi connectivity index (χ3n) is 5.80. The molecule has 0 saturated carbocycles. The third-order valence-corrected chi connectivity index (χ3v) is 6.69. The van der Waals surface area contributed by atoms with E-state index in [1.54, 1.807) is 6.92 Å². The minimum absolute atomic E-state index is 0.0640. The van der Waals surface area contributed by atoms with Gasteiger partial charge < -0.3 is 15.0 Å². The zero-order chi connectivity index (χ0) is 24.2. The summed E-state index contributed by atoms with van der Waals surface area (Å²) in [4.78, 5) is 33.0. The van der Waals surface area contributed by atoms with Crippen LogP contribution in [0.1, 0.15) is 48.6 Å². The van der Waals surface area contributed by atoms with Crippen molar-refractivity contribution in [3.05, 3.63) is 87.5 Å². The predicted molar refractivity (Wildman–Crippen MR) is 137 cm³/mol. The fraction of sp³-hybridized carbons (Fsp3) is 0.296. The Morgan fingerprint density at radius 3 is 2.59 bits per heavy atom. The summed E-state index contributed by atoms with van der Waals surface area (Å²) >= 11 is 1.48. The zero-order valence-electron chi connectivity index (χ0n) is 19.9. The molecule has 0 radical (unpaired) electrons. The lowest BCUT2D eigenvalue weighted by molar-refractivity contribution is -0.139. The van der Waals surface area contributed by atoms with Gasteiger partial charge in [-0.05, 0) is 44.2 Å². The van der Waals surface area contributed by atoms with Crippen LogP contribution in [0.2, 0.25) is 0 Å². The minimum Gasteiger partial charge on any atom is -0.463 e. The van der Waals surface area contributed by atoms with Gasteiger partial charge in [-0.2, -0.15) is 0 Å². The zero-order valence-corrected chi connectivity index (χ0v) is 20.7. The fourth-order valence-electron chi connectivity index (χ4n) is 4.26. The molecule has 0 saturated heterocycles. The van der Waals surface area contributed by atoms with Gasteiger partial charge in [0.15, 0.2) is 5.17 Å². The second kappa shape index (κ2) is 10.3. The highest BCUT2D eigenvalue weighted by atomic mass is 32.2. The molecule has 2 aliphatic heterocycles. The van der Waals surface area contributed by atoms with E-state index < -0.39 is 12.0 Å². The Balaban J connectivity index is 1.94. The smallest absolute Gasteiger partial charge is 0.338 e. The van der Waals surface area contributed by atoms with Gasteiger partial charge in [-0.25, -0.2) is 9.79 Å². The number of esters is 1. The number of ether oxygens (including phenoxy) is 1. The van der Waals surface area contributed by atoms with E-state index in [2.05, 4.69) is 23.5 Å². The molecule has 0 aromatic heterocycles. The van der Waals surface area contributed by atoms with E-state index in [0.717, 1.165) is 33.1 Å². The molecule has 1 amide bonds. The third kappa shape index (κ3) is 4.66. The molecule has 2 heterocycles. The van der Waals surface area contributed by atoms with Crippen molar-refractivity contribution in [2.45, 2.75) is 40.2 Å². The molecule has 1 atom stereocenters. The molecule has 176 valence electrons. The standard InChI is InChI=1S/C27H29N3O3S/c1-5-28-22(31)15-20-16-34-27-29-24(19-10-8-7-9-11-19)23(26(32)33-6-2)25(30(20)27)21-14-17(3)12-13-18(21)4/h7-14,16,25H,5-6,15H2,1-4H3,(H,28,31)/t25-/m1/s1. The van der Waals surface area contributed by atoms with Crippen LogP contribution in [0.3, 0.4) is 0 Å². The van der Waals surface area contributed by atoms with Crippen LogP contribution >= 0.6 is 11.8 Å². The molecule has 6 nitrogen and oxygen atoms in total. The Morgan fingerprint density at radius 2 is 1.88 bits per heavy atom. The summed E-state index contributed by atoms with van der Waals surface area (Å²) in [5.74, 6) is -0.463. The quantitative estimate of drug-likeness (QED) is 0.564. The van der Waals surface area contributed by atoms with Gasteiger partial charge in [-0.3, -0.25) is 4.79 Å². The van der Waals surface area contributed by atoms with Crippen molar-refractivity contribution in [1.82, 2.24) is 10.2 Å². The van der Waals surface area contributed by atoms with Gasteiger partial charge in [0.05, 0.1) is 30.3 Å².